The zero-order valence-corrected chi connectivity index (χ0v) is 42.0. The third-order valence-electron chi connectivity index (χ3n) is 12.6. The topological polar surface area (TPSA) is 378 Å². The van der Waals surface area contributed by atoms with E-state index in [-0.39, 0.29) is 60.8 Å². The van der Waals surface area contributed by atoms with Gasteiger partial charge in [-0.05, 0) is 44.9 Å². The van der Waals surface area contributed by atoms with Crippen molar-refractivity contribution in [1.29, 1.82) is 0 Å². The number of rotatable bonds is 30. The SMILES string of the molecule is CNC(=O)CCCCCN1C(=O)C=CC1=O.CNC(=O)CCCCCN1C(=O)CC(SCCC(=O)NCCCCCO[C@H]2OC(CO[C@]3(C(=O)O)C[C@@H](O)[C@@H](C)C([C@H](O)[C@H](O)CO)O3)[C@H](O)[C@H](O)C2O)C1=O. The molecule has 4 unspecified atom stereocenters. The number of aliphatic hydroxyl groups excluding tert-OH is 7. The number of nitrogens with zero attached hydrogens (tertiary/aromatic N) is 2. The van der Waals surface area contributed by atoms with Gasteiger partial charge in [0.15, 0.2) is 6.29 Å². The fourth-order valence-corrected chi connectivity index (χ4v) is 9.18. The Hall–Kier alpha value is -4.19. The van der Waals surface area contributed by atoms with Crippen LogP contribution in [0.1, 0.15) is 96.8 Å². The van der Waals surface area contributed by atoms with Gasteiger partial charge >= 0.3 is 5.97 Å². The Morgan fingerprint density at radius 2 is 1.40 bits per heavy atom. The van der Waals surface area contributed by atoms with Crippen LogP contribution in [0.4, 0.5) is 0 Å². The summed E-state index contributed by atoms with van der Waals surface area (Å²) in [6.07, 6.45) is -5.32. The highest BCUT2D eigenvalue weighted by molar-refractivity contribution is 8.00. The lowest BCUT2D eigenvalue weighted by Gasteiger charge is -2.46. The maximum atomic E-state index is 12.7. The first-order valence-corrected chi connectivity index (χ1v) is 25.4. The van der Waals surface area contributed by atoms with Crippen LogP contribution in [0.2, 0.25) is 0 Å². The van der Waals surface area contributed by atoms with Crippen molar-refractivity contribution < 1.29 is 98.2 Å². The molecule has 3 fully saturated rings. The summed E-state index contributed by atoms with van der Waals surface area (Å²) in [5, 5.41) is 89.0. The van der Waals surface area contributed by atoms with E-state index in [4.69, 9.17) is 18.9 Å². The third-order valence-corrected chi connectivity index (χ3v) is 13.8. The van der Waals surface area contributed by atoms with Gasteiger partial charge in [-0.1, -0.05) is 19.8 Å². The number of hydrogen-bond donors (Lipinski definition) is 11. The predicted molar refractivity (Wildman–Crippen MR) is 253 cm³/mol. The Bertz CT molecular complexity index is 1810. The minimum Gasteiger partial charge on any atom is -0.477 e. The number of nitrogens with one attached hydrogen (secondary N) is 3. The number of hydrogen-bond acceptors (Lipinski definition) is 20. The number of ether oxygens (including phenoxy) is 4. The molecule has 0 saturated carbocycles. The number of likely N-dealkylation sites (tertiary alicyclic amines) is 1. The maximum Gasteiger partial charge on any atom is 0.364 e. The minimum absolute atomic E-state index is 0.0231. The number of carbonyl (C=O) groups excluding carboxylic acids is 7. The smallest absolute Gasteiger partial charge is 0.364 e. The van der Waals surface area contributed by atoms with Crippen molar-refractivity contribution in [3.63, 3.8) is 0 Å². The maximum absolute atomic E-state index is 12.7. The molecule has 12 atom stereocenters. The van der Waals surface area contributed by atoms with E-state index >= 15 is 0 Å². The number of carboxylic acid groups (broad SMARTS) is 1. The van der Waals surface area contributed by atoms with Gasteiger partial charge in [-0.25, -0.2) is 4.79 Å². The first-order valence-electron chi connectivity index (χ1n) is 24.4. The summed E-state index contributed by atoms with van der Waals surface area (Å²) in [6.45, 7) is 1.02. The molecule has 0 aromatic rings. The van der Waals surface area contributed by atoms with Crippen LogP contribution < -0.4 is 16.0 Å². The van der Waals surface area contributed by atoms with Gasteiger partial charge in [0.05, 0.1) is 30.7 Å². The molecule has 4 aliphatic rings. The number of carboxylic acids is 1. The van der Waals surface area contributed by atoms with Crippen molar-refractivity contribution in [2.45, 2.75) is 163 Å². The van der Waals surface area contributed by atoms with Gasteiger partial charge in [-0.3, -0.25) is 43.4 Å². The van der Waals surface area contributed by atoms with E-state index in [1.54, 1.807) is 14.1 Å². The standard InChI is InChI=1S/C35H59N3O17S.C11H16N2O3/c1-19-20(40)16-35(34(50)51,55-31(19)27(45)21(41)17-39)53-18-22-28(46)29(47)30(48)33(54-22)52-13-8-4-6-11-37-25(43)10-14-56-23-15-26(44)38(32(23)49)12-7-3-5-9-24(42)36-2;1-12-9(14)5-3-2-4-8-13-10(15)6-7-11(13)16/h19-23,27-31,33,39-41,45-48H,3-18H2,1-2H3,(H,36,42)(H,37,43)(H,50,51);6-7H,2-5,8H2,1H3,(H,12,14)/t19-,20-,21-,22?,23?,27-,28+,29+,30?,31?,33+,35-;/m1./s1. The highest BCUT2D eigenvalue weighted by Crippen LogP contribution is 2.37. The first kappa shape index (κ1) is 62.1. The second kappa shape index (κ2) is 31.5. The average molecular weight is 1050 g/mol. The summed E-state index contributed by atoms with van der Waals surface area (Å²) < 4.78 is 22.3. The van der Waals surface area contributed by atoms with Gasteiger partial charge in [-0.15, -0.1) is 11.8 Å². The number of thioether (sulfide) groups is 1. The molecule has 26 heteroatoms. The van der Waals surface area contributed by atoms with Crippen molar-refractivity contribution in [1.82, 2.24) is 25.8 Å². The van der Waals surface area contributed by atoms with E-state index in [9.17, 15) is 79.2 Å². The third kappa shape index (κ3) is 18.9. The number of imide groups is 2. The molecular weight excluding hydrogens is 975 g/mol. The molecule has 0 aromatic heterocycles. The molecule has 0 radical (unpaired) electrons. The van der Waals surface area contributed by atoms with E-state index in [1.807, 2.05) is 0 Å². The molecule has 0 aliphatic carbocycles. The van der Waals surface area contributed by atoms with Crippen molar-refractivity contribution in [3.05, 3.63) is 12.2 Å². The molecule has 0 spiro atoms. The minimum atomic E-state index is -2.57. The molecule has 11 N–H and O–H groups in total. The van der Waals surface area contributed by atoms with Crippen LogP contribution >= 0.6 is 11.8 Å². The summed E-state index contributed by atoms with van der Waals surface area (Å²) >= 11 is 1.27. The van der Waals surface area contributed by atoms with Crippen molar-refractivity contribution in [3.8, 4) is 0 Å². The molecular formula is C46H75N5O20S. The van der Waals surface area contributed by atoms with Crippen LogP contribution in [0, 0.1) is 5.92 Å². The fraction of sp³-hybridized carbons (Fsp3) is 0.783. The fourth-order valence-electron chi connectivity index (χ4n) is 8.06. The molecule has 0 bridgehead atoms. The molecule has 0 aromatic carbocycles. The lowest BCUT2D eigenvalue weighted by Crippen LogP contribution is -2.63. The van der Waals surface area contributed by atoms with E-state index in [0.717, 1.165) is 25.7 Å². The van der Waals surface area contributed by atoms with Crippen LogP contribution in [0.5, 0.6) is 0 Å². The van der Waals surface area contributed by atoms with Gasteiger partial charge in [0, 0.05) is 96.3 Å². The van der Waals surface area contributed by atoms with Crippen LogP contribution in [0.3, 0.4) is 0 Å². The molecule has 72 heavy (non-hydrogen) atoms. The van der Waals surface area contributed by atoms with Crippen LogP contribution in [0.15, 0.2) is 12.2 Å². The Morgan fingerprint density at radius 3 is 1.99 bits per heavy atom. The van der Waals surface area contributed by atoms with E-state index in [2.05, 4.69) is 16.0 Å². The van der Waals surface area contributed by atoms with Gasteiger partial charge < -0.3 is 75.8 Å². The highest BCUT2D eigenvalue weighted by Gasteiger charge is 2.55. The quantitative estimate of drug-likeness (QED) is 0.0255. The largest absolute Gasteiger partial charge is 0.477 e. The van der Waals surface area contributed by atoms with E-state index in [0.29, 0.717) is 70.3 Å². The van der Waals surface area contributed by atoms with Crippen molar-refractivity contribution in [2.24, 2.45) is 5.92 Å². The van der Waals surface area contributed by atoms with Crippen LogP contribution in [-0.2, 0) is 57.3 Å². The average Bonchev–Trinajstić information content (AvgIpc) is 3.83. The number of amides is 7. The molecule has 4 heterocycles. The lowest BCUT2D eigenvalue weighted by molar-refractivity contribution is -0.342. The first-order chi connectivity index (χ1) is 34.2. The zero-order valence-electron chi connectivity index (χ0n) is 41.1. The summed E-state index contributed by atoms with van der Waals surface area (Å²) in [6, 6.07) is 0. The molecule has 4 aliphatic heterocycles. The number of aliphatic hydroxyl groups is 7. The van der Waals surface area contributed by atoms with Gasteiger partial charge in [0.2, 0.25) is 29.5 Å². The predicted octanol–water partition coefficient (Wildman–Crippen LogP) is -2.83. The zero-order chi connectivity index (χ0) is 53.5. The monoisotopic (exact) mass is 1050 g/mol. The van der Waals surface area contributed by atoms with E-state index < -0.39 is 97.7 Å². The van der Waals surface area contributed by atoms with Crippen molar-refractivity contribution >= 4 is 59.1 Å². The summed E-state index contributed by atoms with van der Waals surface area (Å²) in [4.78, 5) is 96.7. The molecule has 410 valence electrons. The van der Waals surface area contributed by atoms with Gasteiger partial charge in [-0.2, -0.15) is 0 Å². The summed E-state index contributed by atoms with van der Waals surface area (Å²) in [5.41, 5.74) is 0. The molecule has 7 amide bonds. The van der Waals surface area contributed by atoms with Gasteiger partial charge in [0.25, 0.3) is 17.6 Å². The normalized spacial score (nSPS) is 28.1. The Morgan fingerprint density at radius 1 is 0.806 bits per heavy atom. The highest BCUT2D eigenvalue weighted by atomic mass is 32.2. The summed E-state index contributed by atoms with van der Waals surface area (Å²) in [5.74, 6) is -5.98. The number of carbonyl (C=O) groups is 8. The molecule has 3 saturated heterocycles. The Kier molecular flexibility index (Phi) is 27.2. The second-order valence-electron chi connectivity index (χ2n) is 17.9. The Labute approximate surface area is 422 Å². The second-order valence-corrected chi connectivity index (χ2v) is 19.3. The number of aliphatic carboxylic acids is 1. The lowest BCUT2D eigenvalue weighted by atomic mass is 9.84. The van der Waals surface area contributed by atoms with Crippen LogP contribution in [-0.4, -0.2) is 223 Å². The Balaban J connectivity index is 0.000000723. The van der Waals surface area contributed by atoms with E-state index in [1.165, 1.54) is 40.6 Å². The van der Waals surface area contributed by atoms with Crippen molar-refractivity contribution in [2.75, 3.05) is 59.3 Å². The summed E-state index contributed by atoms with van der Waals surface area (Å²) in [7, 11) is 3.18. The van der Waals surface area contributed by atoms with Crippen LogP contribution in [0.25, 0.3) is 0 Å². The number of unbranched alkanes of at least 4 members (excludes halogenated alkanes) is 6. The molecule has 25 nitrogen and oxygen atoms in total. The van der Waals surface area contributed by atoms with Gasteiger partial charge in [0.1, 0.15) is 36.6 Å². The molecule has 4 rings (SSSR count).